The van der Waals surface area contributed by atoms with Crippen molar-refractivity contribution < 1.29 is 33.0 Å². The van der Waals surface area contributed by atoms with Crippen molar-refractivity contribution in [2.24, 2.45) is 22.7 Å². The van der Waals surface area contributed by atoms with Gasteiger partial charge >= 0.3 is 0 Å². The Kier molecular flexibility index (Phi) is 4.08. The van der Waals surface area contributed by atoms with Gasteiger partial charge in [0.25, 0.3) is 0 Å². The number of halogens is 2. The number of rotatable bonds is 1. The minimum absolute atomic E-state index is 0.0121. The quantitative estimate of drug-likeness (QED) is 0.682. The largest absolute Gasteiger partial charge is 0.390 e. The maximum Gasteiger partial charge on any atom is 0.178 e. The SMILES string of the molecule is CC(=O)[C@@]12OC(C)(C)O[C@@H]1CC1C3C[C@H](F)C4=CC(=O)C=C[C@]4(C)[C@@]3(F)[C@@H](O)C[C@@]12C. The fourth-order valence-corrected chi connectivity index (χ4v) is 7.95. The second-order valence-corrected chi connectivity index (χ2v) is 11.0. The lowest BCUT2D eigenvalue weighted by Gasteiger charge is -2.63. The zero-order chi connectivity index (χ0) is 22.8. The molecule has 1 saturated heterocycles. The summed E-state index contributed by atoms with van der Waals surface area (Å²) in [5.41, 5.74) is -5.75. The van der Waals surface area contributed by atoms with E-state index in [1.54, 1.807) is 20.8 Å². The van der Waals surface area contributed by atoms with Crippen LogP contribution >= 0.6 is 0 Å². The van der Waals surface area contributed by atoms with Gasteiger partial charge < -0.3 is 14.6 Å². The van der Waals surface area contributed by atoms with Gasteiger partial charge in [0.15, 0.2) is 28.6 Å². The van der Waals surface area contributed by atoms with Gasteiger partial charge in [0.05, 0.1) is 12.2 Å². The molecule has 4 fully saturated rings. The number of fused-ring (bicyclic) bond motifs is 7. The van der Waals surface area contributed by atoms with Crippen molar-refractivity contribution in [3.63, 3.8) is 0 Å². The van der Waals surface area contributed by atoms with E-state index in [1.165, 1.54) is 25.2 Å². The first-order valence-electron chi connectivity index (χ1n) is 11.1. The van der Waals surface area contributed by atoms with Crippen LogP contribution in [0.1, 0.15) is 53.9 Å². The standard InChI is InChI=1S/C24H30F2O5/c1-12(27)24-19(30-20(2,3)31-24)10-14-15-9-17(25)16-8-13(28)6-7-21(16,4)23(15,26)18(29)11-22(14,24)5/h6-8,14-15,17-19,29H,9-11H2,1-5H3/t14?,15?,17-,18-,19+,21-,22-,23-,24+/m0/s1. The van der Waals surface area contributed by atoms with E-state index >= 15 is 8.78 Å². The van der Waals surface area contributed by atoms with Gasteiger partial charge in [-0.3, -0.25) is 9.59 Å². The molecule has 5 nitrogen and oxygen atoms in total. The van der Waals surface area contributed by atoms with Crippen LogP contribution in [0.2, 0.25) is 0 Å². The van der Waals surface area contributed by atoms with Crippen molar-refractivity contribution in [3.05, 3.63) is 23.8 Å². The predicted molar refractivity (Wildman–Crippen MR) is 107 cm³/mol. The number of carbonyl (C=O) groups excluding carboxylic acids is 2. The van der Waals surface area contributed by atoms with Crippen molar-refractivity contribution in [2.75, 3.05) is 0 Å². The molecular formula is C24H30F2O5. The van der Waals surface area contributed by atoms with Gasteiger partial charge in [-0.15, -0.1) is 0 Å². The summed E-state index contributed by atoms with van der Waals surface area (Å²) in [5, 5.41) is 11.3. The number of hydrogen-bond donors (Lipinski definition) is 1. The average Bonchev–Trinajstić information content (AvgIpc) is 3.06. The number of ether oxygens (including phenoxy) is 2. The topological polar surface area (TPSA) is 72.8 Å². The monoisotopic (exact) mass is 436 g/mol. The Morgan fingerprint density at radius 3 is 2.52 bits per heavy atom. The van der Waals surface area contributed by atoms with Crippen LogP contribution < -0.4 is 0 Å². The lowest BCUT2D eigenvalue weighted by atomic mass is 9.44. The van der Waals surface area contributed by atoms with Crippen LogP contribution in [0.15, 0.2) is 23.8 Å². The summed E-state index contributed by atoms with van der Waals surface area (Å²) in [7, 11) is 0. The van der Waals surface area contributed by atoms with Crippen LogP contribution in [0.25, 0.3) is 0 Å². The van der Waals surface area contributed by atoms with Crippen LogP contribution in [-0.4, -0.2) is 52.1 Å². The highest BCUT2D eigenvalue weighted by Crippen LogP contribution is 2.72. The summed E-state index contributed by atoms with van der Waals surface area (Å²) in [6, 6.07) is 0. The van der Waals surface area contributed by atoms with E-state index in [0.717, 1.165) is 0 Å². The van der Waals surface area contributed by atoms with Crippen molar-refractivity contribution in [2.45, 2.75) is 89.3 Å². The van der Waals surface area contributed by atoms with E-state index in [1.807, 2.05) is 6.92 Å². The van der Waals surface area contributed by atoms with Crippen LogP contribution in [0, 0.1) is 22.7 Å². The summed E-state index contributed by atoms with van der Waals surface area (Å²) in [4.78, 5) is 24.9. The van der Waals surface area contributed by atoms with E-state index < -0.39 is 58.1 Å². The van der Waals surface area contributed by atoms with Gasteiger partial charge in [-0.05, 0) is 70.6 Å². The van der Waals surface area contributed by atoms with Crippen molar-refractivity contribution in [3.8, 4) is 0 Å². The summed E-state index contributed by atoms with van der Waals surface area (Å²) < 4.78 is 44.9. The van der Waals surface area contributed by atoms with Crippen molar-refractivity contribution in [1.82, 2.24) is 0 Å². The fraction of sp³-hybridized carbons (Fsp3) is 0.750. The number of hydrogen-bond acceptors (Lipinski definition) is 5. The normalized spacial score (nSPS) is 54.5. The fourth-order valence-electron chi connectivity index (χ4n) is 7.95. The van der Waals surface area contributed by atoms with Crippen molar-refractivity contribution in [1.29, 1.82) is 0 Å². The van der Waals surface area contributed by atoms with Crippen LogP contribution in [0.5, 0.6) is 0 Å². The summed E-state index contributed by atoms with van der Waals surface area (Å²) in [6.45, 7) is 8.36. The highest BCUT2D eigenvalue weighted by molar-refractivity contribution is 6.01. The second kappa shape index (κ2) is 5.91. The molecule has 0 aromatic carbocycles. The number of carbonyl (C=O) groups is 2. The van der Waals surface area contributed by atoms with Crippen LogP contribution in [0.4, 0.5) is 8.78 Å². The van der Waals surface area contributed by atoms with Crippen LogP contribution in [-0.2, 0) is 19.1 Å². The molecule has 7 heteroatoms. The van der Waals surface area contributed by atoms with E-state index in [-0.39, 0.29) is 30.0 Å². The Bertz CT molecular complexity index is 942. The summed E-state index contributed by atoms with van der Waals surface area (Å²) >= 11 is 0. The smallest absolute Gasteiger partial charge is 0.178 e. The highest BCUT2D eigenvalue weighted by Gasteiger charge is 2.80. The molecule has 0 spiro atoms. The number of Topliss-reactive ketones (excluding diaryl/α,β-unsaturated/α-hetero) is 1. The summed E-state index contributed by atoms with van der Waals surface area (Å²) in [6.07, 6.45) is 0.495. The first-order valence-corrected chi connectivity index (χ1v) is 11.1. The summed E-state index contributed by atoms with van der Waals surface area (Å²) in [5.74, 6) is -2.85. The third-order valence-electron chi connectivity index (χ3n) is 9.14. The molecule has 0 bridgehead atoms. The molecule has 4 aliphatic carbocycles. The number of aliphatic hydroxyl groups excluding tert-OH is 1. The number of allylic oxidation sites excluding steroid dienone is 4. The molecule has 1 N–H and O–H groups in total. The maximum absolute atomic E-state index is 17.1. The minimum atomic E-state index is -2.17. The van der Waals surface area contributed by atoms with E-state index in [9.17, 15) is 14.7 Å². The van der Waals surface area contributed by atoms with Gasteiger partial charge in [0.1, 0.15) is 6.17 Å². The Hall–Kier alpha value is -1.44. The molecule has 170 valence electrons. The molecule has 5 aliphatic rings. The first-order chi connectivity index (χ1) is 14.2. The molecule has 3 saturated carbocycles. The lowest BCUT2D eigenvalue weighted by Crippen LogP contribution is -2.70. The molecular weight excluding hydrogens is 406 g/mol. The zero-order valence-electron chi connectivity index (χ0n) is 18.6. The molecule has 0 amide bonds. The number of ketones is 2. The third kappa shape index (κ3) is 2.25. The Morgan fingerprint density at radius 2 is 1.87 bits per heavy atom. The van der Waals surface area contributed by atoms with Gasteiger partial charge in [-0.1, -0.05) is 13.0 Å². The Labute approximate surface area is 180 Å². The van der Waals surface area contributed by atoms with E-state index in [0.29, 0.717) is 6.42 Å². The minimum Gasteiger partial charge on any atom is -0.390 e. The lowest BCUT2D eigenvalue weighted by molar-refractivity contribution is -0.247. The van der Waals surface area contributed by atoms with Gasteiger partial charge in [-0.2, -0.15) is 0 Å². The Balaban J connectivity index is 1.66. The van der Waals surface area contributed by atoms with E-state index in [2.05, 4.69) is 0 Å². The molecule has 1 heterocycles. The molecule has 2 unspecified atom stereocenters. The molecule has 9 atom stereocenters. The number of aliphatic hydroxyl groups is 1. The van der Waals surface area contributed by atoms with Crippen molar-refractivity contribution >= 4 is 11.6 Å². The third-order valence-corrected chi connectivity index (χ3v) is 9.14. The molecule has 1 aliphatic heterocycles. The maximum atomic E-state index is 17.1. The molecule has 0 radical (unpaired) electrons. The molecule has 0 aromatic heterocycles. The number of alkyl halides is 2. The molecule has 5 rings (SSSR count). The van der Waals surface area contributed by atoms with Gasteiger partial charge in [-0.25, -0.2) is 8.78 Å². The van der Waals surface area contributed by atoms with E-state index in [4.69, 9.17) is 9.47 Å². The first kappa shape index (κ1) is 21.4. The molecule has 31 heavy (non-hydrogen) atoms. The average molecular weight is 436 g/mol. The predicted octanol–water partition coefficient (Wildman–Crippen LogP) is 3.39. The van der Waals surface area contributed by atoms with Gasteiger partial charge in [0, 0.05) is 16.7 Å². The van der Waals surface area contributed by atoms with Gasteiger partial charge in [0.2, 0.25) is 0 Å². The Morgan fingerprint density at radius 1 is 1.19 bits per heavy atom. The second-order valence-electron chi connectivity index (χ2n) is 11.0. The van der Waals surface area contributed by atoms with Crippen LogP contribution in [0.3, 0.4) is 0 Å². The zero-order valence-corrected chi connectivity index (χ0v) is 18.6. The highest BCUT2D eigenvalue weighted by atomic mass is 19.1. The molecule has 0 aromatic rings.